The predicted molar refractivity (Wildman–Crippen MR) is 69.7 cm³/mol. The summed E-state index contributed by atoms with van der Waals surface area (Å²) in [6.45, 7) is 1.26. The van der Waals surface area contributed by atoms with E-state index in [9.17, 15) is 9.59 Å². The monoisotopic (exact) mass is 269 g/mol. The van der Waals surface area contributed by atoms with E-state index in [0.29, 0.717) is 25.7 Å². The number of amides is 1. The van der Waals surface area contributed by atoms with Crippen LogP contribution in [0.2, 0.25) is 0 Å². The Balaban J connectivity index is 1.48. The second-order valence-electron chi connectivity index (χ2n) is 5.56. The van der Waals surface area contributed by atoms with Crippen molar-refractivity contribution in [2.24, 2.45) is 11.8 Å². The second kappa shape index (κ2) is 6.89. The van der Waals surface area contributed by atoms with Crippen molar-refractivity contribution < 1.29 is 19.4 Å². The summed E-state index contributed by atoms with van der Waals surface area (Å²) < 4.78 is 5.75. The molecule has 0 saturated heterocycles. The van der Waals surface area contributed by atoms with Crippen molar-refractivity contribution in [3.8, 4) is 0 Å². The van der Waals surface area contributed by atoms with Crippen LogP contribution in [0.25, 0.3) is 0 Å². The Bertz CT molecular complexity index is 325. The third kappa shape index (κ3) is 4.49. The van der Waals surface area contributed by atoms with Crippen LogP contribution >= 0.6 is 0 Å². The molecule has 0 heterocycles. The first kappa shape index (κ1) is 14.3. The van der Waals surface area contributed by atoms with Gasteiger partial charge < -0.3 is 15.2 Å². The van der Waals surface area contributed by atoms with Gasteiger partial charge in [-0.05, 0) is 25.7 Å². The largest absolute Gasteiger partial charge is 0.481 e. The molecule has 0 spiro atoms. The number of carbonyl (C=O) groups is 2. The average Bonchev–Trinajstić information content (AvgIpc) is 3.20. The fourth-order valence-corrected chi connectivity index (χ4v) is 2.65. The molecule has 108 valence electrons. The molecule has 2 aliphatic rings. The number of rotatable bonds is 7. The number of aliphatic carboxylic acids is 1. The highest BCUT2D eigenvalue weighted by Crippen LogP contribution is 2.38. The zero-order valence-corrected chi connectivity index (χ0v) is 11.3. The van der Waals surface area contributed by atoms with Gasteiger partial charge in [-0.2, -0.15) is 0 Å². The van der Waals surface area contributed by atoms with Gasteiger partial charge >= 0.3 is 5.97 Å². The van der Waals surface area contributed by atoms with E-state index in [-0.39, 0.29) is 11.8 Å². The number of nitrogens with one attached hydrogen (secondary N) is 1. The van der Waals surface area contributed by atoms with E-state index in [4.69, 9.17) is 9.84 Å². The summed E-state index contributed by atoms with van der Waals surface area (Å²) in [5, 5.41) is 11.5. The number of carboxylic acid groups (broad SMARTS) is 1. The second-order valence-corrected chi connectivity index (χ2v) is 5.56. The van der Waals surface area contributed by atoms with Crippen molar-refractivity contribution in [3.63, 3.8) is 0 Å². The van der Waals surface area contributed by atoms with Crippen LogP contribution in [-0.4, -0.2) is 36.2 Å². The zero-order valence-electron chi connectivity index (χ0n) is 11.3. The molecule has 0 aromatic carbocycles. The van der Waals surface area contributed by atoms with Crippen LogP contribution < -0.4 is 5.32 Å². The highest BCUT2D eigenvalue weighted by atomic mass is 16.5. The molecule has 0 unspecified atom stereocenters. The minimum absolute atomic E-state index is 0.120. The number of ether oxygens (including phenoxy) is 1. The summed E-state index contributed by atoms with van der Waals surface area (Å²) >= 11 is 0. The van der Waals surface area contributed by atoms with Gasteiger partial charge in [-0.1, -0.05) is 19.3 Å². The summed E-state index contributed by atoms with van der Waals surface area (Å²) in [4.78, 5) is 22.2. The molecule has 0 aromatic rings. The standard InChI is InChI=1S/C14H23NO4/c16-13(11-9-12(11)14(17)18)15-7-4-8-19-10-5-2-1-3-6-10/h10-12H,1-9H2,(H,15,16)(H,17,18)/t11-,12+/m1/s1. The lowest BCUT2D eigenvalue weighted by molar-refractivity contribution is -0.140. The smallest absolute Gasteiger partial charge is 0.307 e. The molecule has 2 atom stereocenters. The zero-order chi connectivity index (χ0) is 13.7. The van der Waals surface area contributed by atoms with Gasteiger partial charge in [0.25, 0.3) is 0 Å². The van der Waals surface area contributed by atoms with Gasteiger partial charge in [-0.3, -0.25) is 9.59 Å². The molecular formula is C14H23NO4. The van der Waals surface area contributed by atoms with Crippen molar-refractivity contribution in [2.45, 2.75) is 51.0 Å². The maximum Gasteiger partial charge on any atom is 0.307 e. The molecule has 0 aliphatic heterocycles. The highest BCUT2D eigenvalue weighted by Gasteiger charge is 2.48. The minimum Gasteiger partial charge on any atom is -0.481 e. The summed E-state index contributed by atoms with van der Waals surface area (Å²) in [5.74, 6) is -1.75. The van der Waals surface area contributed by atoms with Crippen LogP contribution in [-0.2, 0) is 14.3 Å². The molecule has 2 rings (SSSR count). The van der Waals surface area contributed by atoms with Gasteiger partial charge in [0, 0.05) is 13.2 Å². The fraction of sp³-hybridized carbons (Fsp3) is 0.857. The van der Waals surface area contributed by atoms with Crippen molar-refractivity contribution >= 4 is 11.9 Å². The van der Waals surface area contributed by atoms with Crippen LogP contribution in [0.4, 0.5) is 0 Å². The summed E-state index contributed by atoms with van der Waals surface area (Å²) in [6.07, 6.45) is 7.86. The van der Waals surface area contributed by atoms with E-state index in [1.54, 1.807) is 0 Å². The number of hydrogen-bond acceptors (Lipinski definition) is 3. The summed E-state index contributed by atoms with van der Waals surface area (Å²) in [6, 6.07) is 0. The molecule has 0 bridgehead atoms. The quantitative estimate of drug-likeness (QED) is 0.688. The van der Waals surface area contributed by atoms with Crippen LogP contribution in [0, 0.1) is 11.8 Å². The van der Waals surface area contributed by atoms with E-state index in [1.807, 2.05) is 0 Å². The van der Waals surface area contributed by atoms with Gasteiger partial charge in [0.05, 0.1) is 17.9 Å². The maximum absolute atomic E-state index is 11.6. The first-order valence-electron chi connectivity index (χ1n) is 7.30. The van der Waals surface area contributed by atoms with E-state index in [2.05, 4.69) is 5.32 Å². The first-order valence-corrected chi connectivity index (χ1v) is 7.30. The van der Waals surface area contributed by atoms with Crippen molar-refractivity contribution in [3.05, 3.63) is 0 Å². The molecule has 1 amide bonds. The topological polar surface area (TPSA) is 75.6 Å². The Morgan fingerprint density at radius 2 is 1.89 bits per heavy atom. The molecule has 19 heavy (non-hydrogen) atoms. The molecule has 5 nitrogen and oxygen atoms in total. The Hall–Kier alpha value is -1.10. The number of hydrogen-bond donors (Lipinski definition) is 2. The van der Waals surface area contributed by atoms with E-state index < -0.39 is 11.9 Å². The van der Waals surface area contributed by atoms with Gasteiger partial charge in [0.1, 0.15) is 0 Å². The molecule has 2 saturated carbocycles. The lowest BCUT2D eigenvalue weighted by atomic mass is 9.98. The average molecular weight is 269 g/mol. The van der Waals surface area contributed by atoms with Crippen molar-refractivity contribution in [2.75, 3.05) is 13.2 Å². The highest BCUT2D eigenvalue weighted by molar-refractivity contribution is 5.89. The Morgan fingerprint density at radius 1 is 1.16 bits per heavy atom. The van der Waals surface area contributed by atoms with Gasteiger partial charge in [-0.15, -0.1) is 0 Å². The van der Waals surface area contributed by atoms with Crippen molar-refractivity contribution in [1.82, 2.24) is 5.32 Å². The van der Waals surface area contributed by atoms with Gasteiger partial charge in [0.15, 0.2) is 0 Å². The van der Waals surface area contributed by atoms with E-state index >= 15 is 0 Å². The first-order chi connectivity index (χ1) is 9.18. The maximum atomic E-state index is 11.6. The lowest BCUT2D eigenvalue weighted by Gasteiger charge is -2.21. The molecule has 2 fully saturated rings. The van der Waals surface area contributed by atoms with Crippen LogP contribution in [0.5, 0.6) is 0 Å². The van der Waals surface area contributed by atoms with Crippen LogP contribution in [0.3, 0.4) is 0 Å². The summed E-state index contributed by atoms with van der Waals surface area (Å²) in [7, 11) is 0. The third-order valence-electron chi connectivity index (χ3n) is 3.97. The Labute approximate surface area is 113 Å². The molecule has 0 aromatic heterocycles. The third-order valence-corrected chi connectivity index (χ3v) is 3.97. The fourth-order valence-electron chi connectivity index (χ4n) is 2.65. The number of carbonyl (C=O) groups excluding carboxylic acids is 1. The minimum atomic E-state index is -0.860. The molecular weight excluding hydrogens is 246 g/mol. The normalized spacial score (nSPS) is 26.9. The molecule has 2 aliphatic carbocycles. The van der Waals surface area contributed by atoms with Crippen molar-refractivity contribution in [1.29, 1.82) is 0 Å². The SMILES string of the molecule is O=C(O)[C@H]1C[C@H]1C(=O)NCCCOC1CCCCC1. The Kier molecular flexibility index (Phi) is 5.19. The van der Waals surface area contributed by atoms with Gasteiger partial charge in [-0.25, -0.2) is 0 Å². The van der Waals surface area contributed by atoms with Crippen LogP contribution in [0.15, 0.2) is 0 Å². The Morgan fingerprint density at radius 3 is 2.53 bits per heavy atom. The molecule has 2 N–H and O–H groups in total. The van der Waals surface area contributed by atoms with E-state index in [1.165, 1.54) is 19.3 Å². The van der Waals surface area contributed by atoms with Crippen LogP contribution in [0.1, 0.15) is 44.9 Å². The number of carboxylic acids is 1. The molecule has 0 radical (unpaired) electrons. The lowest BCUT2D eigenvalue weighted by Crippen LogP contribution is -2.28. The van der Waals surface area contributed by atoms with E-state index in [0.717, 1.165) is 19.3 Å². The predicted octanol–water partition coefficient (Wildman–Crippen LogP) is 1.56. The van der Waals surface area contributed by atoms with Gasteiger partial charge in [0.2, 0.25) is 5.91 Å². The summed E-state index contributed by atoms with van der Waals surface area (Å²) in [5.41, 5.74) is 0. The molecule has 5 heteroatoms.